The maximum atomic E-state index is 11.7. The van der Waals surface area contributed by atoms with Crippen molar-refractivity contribution in [2.24, 2.45) is 5.92 Å². The van der Waals surface area contributed by atoms with Gasteiger partial charge in [0.05, 0.1) is 19.6 Å². The number of carbonyl (C=O) groups excluding carboxylic acids is 2. The van der Waals surface area contributed by atoms with E-state index < -0.39 is 0 Å². The minimum absolute atomic E-state index is 0.0500. The van der Waals surface area contributed by atoms with Gasteiger partial charge in [0.1, 0.15) is 0 Å². The van der Waals surface area contributed by atoms with Gasteiger partial charge in [0.25, 0.3) is 0 Å². The highest BCUT2D eigenvalue weighted by molar-refractivity contribution is 5.78. The van der Waals surface area contributed by atoms with Gasteiger partial charge in [-0.25, -0.2) is 0 Å². The lowest BCUT2D eigenvalue weighted by molar-refractivity contribution is -0.147. The lowest BCUT2D eigenvalue weighted by Gasteiger charge is -2.30. The van der Waals surface area contributed by atoms with Crippen LogP contribution in [-0.2, 0) is 14.3 Å². The van der Waals surface area contributed by atoms with Crippen molar-refractivity contribution in [3.63, 3.8) is 0 Å². The number of hydrogen-bond acceptors (Lipinski definition) is 4. The van der Waals surface area contributed by atoms with E-state index >= 15 is 0 Å². The lowest BCUT2D eigenvalue weighted by atomic mass is 9.98. The summed E-state index contributed by atoms with van der Waals surface area (Å²) in [6, 6.07) is 0. The van der Waals surface area contributed by atoms with E-state index in [0.717, 1.165) is 38.8 Å². The molecular weight excluding hydrogens is 232 g/mol. The molecule has 0 aromatic rings. The monoisotopic (exact) mass is 256 g/mol. The molecule has 0 saturated carbocycles. The van der Waals surface area contributed by atoms with Crippen molar-refractivity contribution in [2.45, 2.75) is 32.6 Å². The van der Waals surface area contributed by atoms with Crippen LogP contribution in [0.4, 0.5) is 0 Å². The largest absolute Gasteiger partial charge is 0.469 e. The van der Waals surface area contributed by atoms with Crippen LogP contribution in [0.25, 0.3) is 0 Å². The van der Waals surface area contributed by atoms with E-state index in [1.54, 1.807) is 0 Å². The number of esters is 1. The van der Waals surface area contributed by atoms with Crippen molar-refractivity contribution in [1.82, 2.24) is 10.2 Å². The van der Waals surface area contributed by atoms with Gasteiger partial charge in [-0.15, -0.1) is 0 Å². The van der Waals surface area contributed by atoms with Crippen LogP contribution in [0.2, 0.25) is 0 Å². The molecule has 1 amide bonds. The van der Waals surface area contributed by atoms with E-state index in [4.69, 9.17) is 4.74 Å². The second-order valence-corrected chi connectivity index (χ2v) is 4.80. The predicted molar refractivity (Wildman–Crippen MR) is 69.1 cm³/mol. The molecule has 1 heterocycles. The summed E-state index contributed by atoms with van der Waals surface area (Å²) in [6.07, 6.45) is 3.90. The van der Waals surface area contributed by atoms with Crippen LogP contribution in [0.1, 0.15) is 32.6 Å². The van der Waals surface area contributed by atoms with E-state index in [2.05, 4.69) is 12.2 Å². The number of rotatable bonds is 6. The number of nitrogens with zero attached hydrogens (tertiary/aromatic N) is 1. The van der Waals surface area contributed by atoms with Gasteiger partial charge >= 0.3 is 5.97 Å². The van der Waals surface area contributed by atoms with Crippen molar-refractivity contribution in [3.8, 4) is 0 Å². The highest BCUT2D eigenvalue weighted by Crippen LogP contribution is 2.17. The molecule has 1 N–H and O–H groups in total. The predicted octanol–water partition coefficient (Wildman–Crippen LogP) is 0.788. The highest BCUT2D eigenvalue weighted by Gasteiger charge is 2.27. The average Bonchev–Trinajstić information content (AvgIpc) is 2.38. The first-order valence-electron chi connectivity index (χ1n) is 6.74. The van der Waals surface area contributed by atoms with Crippen molar-refractivity contribution in [2.75, 3.05) is 33.3 Å². The SMILES string of the molecule is CCCCNC(=O)CN1CCC[C@H](C(=O)OC)C1. The van der Waals surface area contributed by atoms with Gasteiger partial charge < -0.3 is 10.1 Å². The highest BCUT2D eigenvalue weighted by atomic mass is 16.5. The number of ether oxygens (including phenoxy) is 1. The first-order chi connectivity index (χ1) is 8.67. The fourth-order valence-corrected chi connectivity index (χ4v) is 2.22. The van der Waals surface area contributed by atoms with Crippen LogP contribution >= 0.6 is 0 Å². The molecule has 1 aliphatic heterocycles. The Balaban J connectivity index is 2.29. The molecule has 0 unspecified atom stereocenters. The number of carbonyl (C=O) groups is 2. The van der Waals surface area contributed by atoms with Gasteiger partial charge in [-0.1, -0.05) is 13.3 Å². The first-order valence-corrected chi connectivity index (χ1v) is 6.74. The Morgan fingerprint density at radius 2 is 2.22 bits per heavy atom. The number of methoxy groups -OCH3 is 1. The molecule has 0 aromatic heterocycles. The number of nitrogens with one attached hydrogen (secondary N) is 1. The molecule has 5 heteroatoms. The topological polar surface area (TPSA) is 58.6 Å². The fourth-order valence-electron chi connectivity index (χ4n) is 2.22. The van der Waals surface area contributed by atoms with E-state index in [0.29, 0.717) is 13.1 Å². The third-order valence-corrected chi connectivity index (χ3v) is 3.26. The second kappa shape index (κ2) is 8.08. The van der Waals surface area contributed by atoms with E-state index in [-0.39, 0.29) is 17.8 Å². The molecule has 5 nitrogen and oxygen atoms in total. The summed E-state index contributed by atoms with van der Waals surface area (Å²) in [5.41, 5.74) is 0. The van der Waals surface area contributed by atoms with Gasteiger partial charge in [0.2, 0.25) is 5.91 Å². The lowest BCUT2D eigenvalue weighted by Crippen LogP contribution is -2.44. The first kappa shape index (κ1) is 15.0. The Bertz CT molecular complexity index is 281. The van der Waals surface area contributed by atoms with Crippen molar-refractivity contribution >= 4 is 11.9 Å². The summed E-state index contributed by atoms with van der Waals surface area (Å²) in [4.78, 5) is 25.2. The number of piperidine rings is 1. The zero-order valence-electron chi connectivity index (χ0n) is 11.4. The Morgan fingerprint density at radius 1 is 1.44 bits per heavy atom. The zero-order chi connectivity index (χ0) is 13.4. The molecule has 1 fully saturated rings. The molecule has 104 valence electrons. The molecule has 0 spiro atoms. The normalized spacial score (nSPS) is 20.4. The van der Waals surface area contributed by atoms with Crippen LogP contribution in [0.3, 0.4) is 0 Å². The van der Waals surface area contributed by atoms with E-state index in [9.17, 15) is 9.59 Å². The molecule has 1 rings (SSSR count). The number of unbranched alkanes of at least 4 members (excludes halogenated alkanes) is 1. The van der Waals surface area contributed by atoms with Crippen LogP contribution in [0.5, 0.6) is 0 Å². The van der Waals surface area contributed by atoms with Gasteiger partial charge in [0, 0.05) is 13.1 Å². The summed E-state index contributed by atoms with van der Waals surface area (Å²) in [5, 5.41) is 2.89. The van der Waals surface area contributed by atoms with Gasteiger partial charge in [-0.2, -0.15) is 0 Å². The third kappa shape index (κ3) is 5.04. The molecular formula is C13H24N2O3. The standard InChI is InChI=1S/C13H24N2O3/c1-3-4-7-14-12(16)10-15-8-5-6-11(9-15)13(17)18-2/h11H,3-10H2,1-2H3,(H,14,16)/t11-/m0/s1. The van der Waals surface area contributed by atoms with Crippen LogP contribution < -0.4 is 5.32 Å². The molecule has 0 aliphatic carbocycles. The maximum absolute atomic E-state index is 11.7. The quantitative estimate of drug-likeness (QED) is 0.564. The number of hydrogen-bond donors (Lipinski definition) is 1. The number of amides is 1. The molecule has 0 aromatic carbocycles. The van der Waals surface area contributed by atoms with Crippen LogP contribution in [-0.4, -0.2) is 50.1 Å². The second-order valence-electron chi connectivity index (χ2n) is 4.80. The Labute approximate surface area is 109 Å². The minimum atomic E-state index is -0.161. The van der Waals surface area contributed by atoms with E-state index in [1.807, 2.05) is 4.90 Å². The van der Waals surface area contributed by atoms with Gasteiger partial charge in [-0.3, -0.25) is 14.5 Å². The average molecular weight is 256 g/mol. The molecule has 1 saturated heterocycles. The Kier molecular flexibility index (Phi) is 6.72. The zero-order valence-corrected chi connectivity index (χ0v) is 11.4. The molecule has 18 heavy (non-hydrogen) atoms. The van der Waals surface area contributed by atoms with Crippen LogP contribution in [0, 0.1) is 5.92 Å². The Morgan fingerprint density at radius 3 is 2.89 bits per heavy atom. The summed E-state index contributed by atoms with van der Waals surface area (Å²) >= 11 is 0. The van der Waals surface area contributed by atoms with E-state index in [1.165, 1.54) is 7.11 Å². The summed E-state index contributed by atoms with van der Waals surface area (Å²) < 4.78 is 4.76. The van der Waals surface area contributed by atoms with Crippen molar-refractivity contribution in [1.29, 1.82) is 0 Å². The molecule has 1 atom stereocenters. The smallest absolute Gasteiger partial charge is 0.309 e. The fraction of sp³-hybridized carbons (Fsp3) is 0.846. The van der Waals surface area contributed by atoms with Crippen molar-refractivity contribution in [3.05, 3.63) is 0 Å². The summed E-state index contributed by atoms with van der Waals surface area (Å²) in [6.45, 7) is 4.74. The summed E-state index contributed by atoms with van der Waals surface area (Å²) in [7, 11) is 1.42. The minimum Gasteiger partial charge on any atom is -0.469 e. The van der Waals surface area contributed by atoms with Crippen LogP contribution in [0.15, 0.2) is 0 Å². The van der Waals surface area contributed by atoms with Gasteiger partial charge in [0.15, 0.2) is 0 Å². The molecule has 0 radical (unpaired) electrons. The number of likely N-dealkylation sites (tertiary alicyclic amines) is 1. The molecule has 1 aliphatic rings. The molecule has 0 bridgehead atoms. The maximum Gasteiger partial charge on any atom is 0.309 e. The Hall–Kier alpha value is -1.10. The van der Waals surface area contributed by atoms with Gasteiger partial charge in [-0.05, 0) is 25.8 Å². The van der Waals surface area contributed by atoms with Crippen molar-refractivity contribution < 1.29 is 14.3 Å². The summed E-state index contributed by atoms with van der Waals surface area (Å²) in [5.74, 6) is -0.188. The third-order valence-electron chi connectivity index (χ3n) is 3.26.